The Labute approximate surface area is 360 Å². The van der Waals surface area contributed by atoms with Crippen molar-refractivity contribution in [2.24, 2.45) is 5.92 Å². The van der Waals surface area contributed by atoms with E-state index in [4.69, 9.17) is 14.2 Å². The largest absolute Gasteiger partial charge is 0.497 e. The number of hydrogen-bond donors (Lipinski definition) is 3. The lowest BCUT2D eigenvalue weighted by atomic mass is 9.73. The molecule has 5 atom stereocenters. The van der Waals surface area contributed by atoms with E-state index < -0.39 is 73.3 Å². The highest BCUT2D eigenvalue weighted by Gasteiger charge is 2.57. The molecule has 5 unspecified atom stereocenters. The molecule has 0 radical (unpaired) electrons. The Kier molecular flexibility index (Phi) is 12.6. The fraction of sp³-hybridized carbons (Fsp3) is 0.532. The molecule has 4 amide bonds. The zero-order valence-corrected chi connectivity index (χ0v) is 37.5. The molecule has 14 heteroatoms. The number of fused-ring (bicyclic) bond motifs is 3. The summed E-state index contributed by atoms with van der Waals surface area (Å²) in [4.78, 5) is 58.9. The van der Waals surface area contributed by atoms with Crippen LogP contribution in [0.2, 0.25) is 0 Å². The molecule has 2 aliphatic carbocycles. The van der Waals surface area contributed by atoms with Crippen LogP contribution in [0.4, 0.5) is 4.79 Å². The summed E-state index contributed by atoms with van der Waals surface area (Å²) in [5.74, 6) is -1.22. The van der Waals surface area contributed by atoms with Gasteiger partial charge in [0.15, 0.2) is 0 Å². The van der Waals surface area contributed by atoms with Gasteiger partial charge in [0, 0.05) is 17.9 Å². The van der Waals surface area contributed by atoms with Gasteiger partial charge in [0.25, 0.3) is 5.91 Å². The van der Waals surface area contributed by atoms with Gasteiger partial charge in [0.1, 0.15) is 40.3 Å². The van der Waals surface area contributed by atoms with E-state index in [0.29, 0.717) is 42.9 Å². The van der Waals surface area contributed by atoms with Crippen molar-refractivity contribution in [2.75, 3.05) is 13.7 Å². The minimum atomic E-state index is -4.18. The lowest BCUT2D eigenvalue weighted by Gasteiger charge is -2.42. The van der Waals surface area contributed by atoms with E-state index in [1.165, 1.54) is 37.8 Å². The number of carbonyl (C=O) groups excluding carboxylic acids is 4. The average molecular weight is 859 g/mol. The van der Waals surface area contributed by atoms with Gasteiger partial charge in [-0.2, -0.15) is 0 Å². The molecular formula is C47H62N4O9S. The number of methoxy groups -OCH3 is 1. The average Bonchev–Trinajstić information content (AvgIpc) is 3.96. The maximum atomic E-state index is 15.1. The highest BCUT2D eigenvalue weighted by atomic mass is 32.2. The van der Waals surface area contributed by atoms with Crippen molar-refractivity contribution in [3.05, 3.63) is 85.0 Å². The van der Waals surface area contributed by atoms with Crippen LogP contribution >= 0.6 is 0 Å². The van der Waals surface area contributed by atoms with Crippen LogP contribution in [0.15, 0.2) is 73.9 Å². The molecule has 6 rings (SSSR count). The number of nitrogens with zero attached hydrogens (tertiary/aromatic N) is 1. The summed E-state index contributed by atoms with van der Waals surface area (Å²) in [6.45, 7) is 21.4. The van der Waals surface area contributed by atoms with E-state index in [9.17, 15) is 22.8 Å². The van der Waals surface area contributed by atoms with Gasteiger partial charge in [-0.1, -0.05) is 36.9 Å². The molecule has 2 fully saturated rings. The third-order valence-corrected chi connectivity index (χ3v) is 14.2. The molecule has 1 saturated carbocycles. The van der Waals surface area contributed by atoms with E-state index in [2.05, 4.69) is 41.2 Å². The number of hydrogen-bond acceptors (Lipinski definition) is 9. The number of amides is 4. The molecule has 13 nitrogen and oxygen atoms in total. The first-order valence-electron chi connectivity index (χ1n) is 21.2. The summed E-state index contributed by atoms with van der Waals surface area (Å²) in [7, 11) is -2.55. The molecule has 330 valence electrons. The summed E-state index contributed by atoms with van der Waals surface area (Å²) in [5.41, 5.74) is -1.17. The van der Waals surface area contributed by atoms with Crippen molar-refractivity contribution >= 4 is 44.6 Å². The molecule has 2 aromatic rings. The lowest BCUT2D eigenvalue weighted by Crippen LogP contribution is -2.68. The molecule has 1 spiro atoms. The van der Waals surface area contributed by atoms with Crippen LogP contribution < -0.4 is 24.8 Å². The predicted molar refractivity (Wildman–Crippen MR) is 236 cm³/mol. The SMILES string of the molecule is C=CCCCCC(=C)C(NC(=O)OC(C)(C)C)C(=O)N1CC2(CCc3c(c(C4CC4)cc4ccc(OC)cc34)O2)CC1C(=O)NC1(C(=O)NS(=O)(=O)C(C)(C)C)C=CC1C=C. The fourth-order valence-corrected chi connectivity index (χ4v) is 9.09. The number of nitrogens with one attached hydrogen (secondary N) is 3. The highest BCUT2D eigenvalue weighted by molar-refractivity contribution is 7.91. The molecule has 4 aliphatic rings. The molecule has 0 aromatic heterocycles. The Morgan fingerprint density at radius 2 is 1.79 bits per heavy atom. The van der Waals surface area contributed by atoms with Crippen molar-refractivity contribution in [3.8, 4) is 11.5 Å². The van der Waals surface area contributed by atoms with Crippen LogP contribution in [0.3, 0.4) is 0 Å². The molecule has 2 aromatic carbocycles. The van der Waals surface area contributed by atoms with Gasteiger partial charge in [0.05, 0.1) is 18.4 Å². The van der Waals surface area contributed by atoms with Crippen LogP contribution in [0.1, 0.15) is 110 Å². The van der Waals surface area contributed by atoms with Crippen LogP contribution in [0, 0.1) is 5.92 Å². The number of allylic oxidation sites excluding steroid dienone is 1. The van der Waals surface area contributed by atoms with Gasteiger partial charge in [-0.15, -0.1) is 13.2 Å². The highest BCUT2D eigenvalue weighted by Crippen LogP contribution is 2.52. The number of alkyl carbamates (subject to hydrolysis) is 1. The molecule has 61 heavy (non-hydrogen) atoms. The quantitative estimate of drug-likeness (QED) is 0.125. The summed E-state index contributed by atoms with van der Waals surface area (Å²) in [6.07, 6.45) is 11.3. The summed E-state index contributed by atoms with van der Waals surface area (Å²) < 4.78 is 45.6. The summed E-state index contributed by atoms with van der Waals surface area (Å²) in [6, 6.07) is 5.68. The summed E-state index contributed by atoms with van der Waals surface area (Å²) >= 11 is 0. The van der Waals surface area contributed by atoms with E-state index in [-0.39, 0.29) is 13.0 Å². The van der Waals surface area contributed by atoms with Crippen molar-refractivity contribution in [2.45, 2.75) is 139 Å². The third kappa shape index (κ3) is 9.39. The van der Waals surface area contributed by atoms with Crippen LogP contribution in [0.5, 0.6) is 11.5 Å². The van der Waals surface area contributed by atoms with Crippen LogP contribution in [-0.2, 0) is 35.6 Å². The lowest BCUT2D eigenvalue weighted by molar-refractivity contribution is -0.141. The van der Waals surface area contributed by atoms with Gasteiger partial charge in [-0.25, -0.2) is 13.2 Å². The van der Waals surface area contributed by atoms with Crippen molar-refractivity contribution < 1.29 is 41.8 Å². The molecule has 3 N–H and O–H groups in total. The maximum absolute atomic E-state index is 15.1. The van der Waals surface area contributed by atoms with Gasteiger partial charge < -0.3 is 29.7 Å². The Bertz CT molecular complexity index is 2270. The number of benzene rings is 2. The molecule has 2 heterocycles. The normalized spacial score (nSPS) is 23.8. The number of likely N-dealkylation sites (tertiary alicyclic amines) is 1. The number of aryl methyl sites for hydroxylation is 1. The van der Waals surface area contributed by atoms with E-state index >= 15 is 4.79 Å². The summed E-state index contributed by atoms with van der Waals surface area (Å²) in [5, 5.41) is 7.69. The first-order valence-corrected chi connectivity index (χ1v) is 22.7. The minimum absolute atomic E-state index is 0.0157. The topological polar surface area (TPSA) is 169 Å². The van der Waals surface area contributed by atoms with Crippen molar-refractivity contribution in [3.63, 3.8) is 0 Å². The predicted octanol–water partition coefficient (Wildman–Crippen LogP) is 7.06. The van der Waals surface area contributed by atoms with Gasteiger partial charge in [-0.05, 0) is 139 Å². The van der Waals surface area contributed by atoms with Gasteiger partial charge >= 0.3 is 6.09 Å². The zero-order chi connectivity index (χ0) is 44.7. The standard InChI is InChI=1S/C47H62N4O9S/c1-11-13-14-15-16-29(3)38(48-43(55)60-44(4,5)6)41(53)51-28-46(23-22-34-35-26-33(58-10)20-19-31(35)25-36(30-17-18-30)39(34)59-46)27-37(51)40(52)49-47(24-21-32(47)12-2)42(54)50-61(56,57)45(7,8)9/h11-12,19-21,24-26,30,32,37-38H,1-3,13-18,22-23,27-28H2,4-10H3,(H,48,55)(H,49,52)(H,50,54). The number of sulfonamides is 1. The van der Waals surface area contributed by atoms with Crippen molar-refractivity contribution in [1.29, 1.82) is 0 Å². The van der Waals surface area contributed by atoms with Crippen molar-refractivity contribution in [1.82, 2.24) is 20.3 Å². The monoisotopic (exact) mass is 858 g/mol. The van der Waals surface area contributed by atoms with Gasteiger partial charge in [-0.3, -0.25) is 19.1 Å². The zero-order valence-electron chi connectivity index (χ0n) is 36.7. The van der Waals surface area contributed by atoms with E-state index in [0.717, 1.165) is 53.3 Å². The van der Waals surface area contributed by atoms with Crippen LogP contribution in [-0.4, -0.2) is 84.4 Å². The second-order valence-corrected chi connectivity index (χ2v) is 21.3. The Balaban J connectivity index is 1.40. The van der Waals surface area contributed by atoms with Gasteiger partial charge in [0.2, 0.25) is 21.8 Å². The second-order valence-electron chi connectivity index (χ2n) is 18.9. The van der Waals surface area contributed by atoms with E-state index in [1.54, 1.807) is 34.0 Å². The number of unbranched alkanes of at least 4 members (excludes halogenated alkanes) is 2. The molecular weight excluding hydrogens is 797 g/mol. The van der Waals surface area contributed by atoms with Crippen LogP contribution in [0.25, 0.3) is 10.8 Å². The smallest absolute Gasteiger partial charge is 0.408 e. The maximum Gasteiger partial charge on any atom is 0.408 e. The number of carbonyl (C=O) groups is 4. The molecule has 2 aliphatic heterocycles. The first-order chi connectivity index (χ1) is 28.6. The third-order valence-electron chi connectivity index (χ3n) is 12.1. The fourth-order valence-electron chi connectivity index (χ4n) is 8.37. The number of ether oxygens (including phenoxy) is 3. The second kappa shape index (κ2) is 17.0. The van der Waals surface area contributed by atoms with E-state index in [1.807, 2.05) is 24.3 Å². The minimum Gasteiger partial charge on any atom is -0.497 e. The molecule has 1 saturated heterocycles. The Morgan fingerprint density at radius 3 is 2.38 bits per heavy atom. The molecule has 0 bridgehead atoms. The first kappa shape index (κ1) is 45.4. The number of rotatable bonds is 15. The Hall–Kier alpha value is -5.11. The Morgan fingerprint density at radius 1 is 1.07 bits per heavy atom.